The summed E-state index contributed by atoms with van der Waals surface area (Å²) in [6, 6.07) is 0. The van der Waals surface area contributed by atoms with E-state index < -0.39 is 10.0 Å². The van der Waals surface area contributed by atoms with Gasteiger partial charge in [-0.05, 0) is 18.8 Å². The third-order valence-electron chi connectivity index (χ3n) is 2.88. The van der Waals surface area contributed by atoms with E-state index in [9.17, 15) is 8.42 Å². The molecule has 96 valence electrons. The average Bonchev–Trinajstić information content (AvgIpc) is 2.77. The molecular formula is C9H13ClN2O3S2. The lowest BCUT2D eigenvalue weighted by molar-refractivity contribution is 0.170. The quantitative estimate of drug-likeness (QED) is 0.909. The van der Waals surface area contributed by atoms with Crippen LogP contribution in [-0.4, -0.2) is 42.5 Å². The third kappa shape index (κ3) is 2.79. The summed E-state index contributed by atoms with van der Waals surface area (Å²) in [5.74, 6) is 0.214. The summed E-state index contributed by atoms with van der Waals surface area (Å²) in [6.07, 6.45) is 2.69. The molecule has 1 fully saturated rings. The Hall–Kier alpha value is -0.210. The number of aromatic nitrogens is 1. The molecule has 1 saturated heterocycles. The normalized spacial score (nSPS) is 19.6. The Morgan fingerprint density at radius 2 is 2.18 bits per heavy atom. The molecule has 0 saturated carbocycles. The van der Waals surface area contributed by atoms with Crippen molar-refractivity contribution in [2.24, 2.45) is 5.92 Å². The van der Waals surface area contributed by atoms with E-state index in [2.05, 4.69) is 4.98 Å². The summed E-state index contributed by atoms with van der Waals surface area (Å²) in [6.45, 7) is 1.02. The smallest absolute Gasteiger partial charge is 0.254 e. The zero-order chi connectivity index (χ0) is 12.5. The standard InChI is InChI=1S/C9H13ClN2O3S2/c10-9-11-5-8(16-9)17(14,15)12-3-1-7(6-13)2-4-12/h5,7,13H,1-4,6H2. The van der Waals surface area contributed by atoms with Gasteiger partial charge in [0, 0.05) is 19.7 Å². The summed E-state index contributed by atoms with van der Waals surface area (Å²) < 4.78 is 26.2. The maximum Gasteiger partial charge on any atom is 0.254 e. The van der Waals surface area contributed by atoms with Crippen LogP contribution in [0.4, 0.5) is 0 Å². The van der Waals surface area contributed by atoms with Gasteiger partial charge in [0.05, 0.1) is 6.20 Å². The maximum atomic E-state index is 12.2. The highest BCUT2D eigenvalue weighted by Gasteiger charge is 2.30. The van der Waals surface area contributed by atoms with E-state index in [0.717, 1.165) is 11.3 Å². The molecule has 5 nitrogen and oxygen atoms in total. The largest absolute Gasteiger partial charge is 0.396 e. The predicted octanol–water partition coefficient (Wildman–Crippen LogP) is 1.19. The number of thiazole rings is 1. The van der Waals surface area contributed by atoms with Crippen molar-refractivity contribution < 1.29 is 13.5 Å². The number of aliphatic hydroxyl groups excluding tert-OH is 1. The Morgan fingerprint density at radius 3 is 2.65 bits per heavy atom. The molecule has 0 aromatic carbocycles. The van der Waals surface area contributed by atoms with Gasteiger partial charge in [0.15, 0.2) is 8.68 Å². The van der Waals surface area contributed by atoms with Crippen LogP contribution in [0.2, 0.25) is 4.47 Å². The SMILES string of the molecule is O=S(=O)(c1cnc(Cl)s1)N1CCC(CO)CC1. The van der Waals surface area contributed by atoms with Crippen molar-refractivity contribution in [1.82, 2.24) is 9.29 Å². The van der Waals surface area contributed by atoms with Crippen molar-refractivity contribution in [2.75, 3.05) is 19.7 Å². The number of rotatable bonds is 3. The summed E-state index contributed by atoms with van der Waals surface area (Å²) in [4.78, 5) is 3.75. The van der Waals surface area contributed by atoms with Crippen LogP contribution in [0.5, 0.6) is 0 Å². The maximum absolute atomic E-state index is 12.2. The molecule has 8 heteroatoms. The lowest BCUT2D eigenvalue weighted by atomic mass is 10.00. The van der Waals surface area contributed by atoms with Crippen LogP contribution >= 0.6 is 22.9 Å². The fourth-order valence-electron chi connectivity index (χ4n) is 1.82. The fourth-order valence-corrected chi connectivity index (χ4v) is 4.74. The van der Waals surface area contributed by atoms with E-state index in [1.165, 1.54) is 10.5 Å². The first-order valence-electron chi connectivity index (χ1n) is 5.26. The number of hydrogen-bond donors (Lipinski definition) is 1. The van der Waals surface area contributed by atoms with Gasteiger partial charge in [-0.25, -0.2) is 13.4 Å². The first-order chi connectivity index (χ1) is 8.04. The molecule has 2 rings (SSSR count). The molecule has 1 N–H and O–H groups in total. The lowest BCUT2D eigenvalue weighted by Gasteiger charge is -2.29. The number of hydrogen-bond acceptors (Lipinski definition) is 5. The summed E-state index contributed by atoms with van der Waals surface area (Å²) in [5.41, 5.74) is 0. The van der Waals surface area contributed by atoms with Gasteiger partial charge in [-0.1, -0.05) is 22.9 Å². The van der Waals surface area contributed by atoms with Crippen LogP contribution in [-0.2, 0) is 10.0 Å². The zero-order valence-corrected chi connectivity index (χ0v) is 11.4. The molecule has 1 aromatic rings. The number of halogens is 1. The van der Waals surface area contributed by atoms with Crippen LogP contribution in [0.3, 0.4) is 0 Å². The van der Waals surface area contributed by atoms with E-state index >= 15 is 0 Å². The van der Waals surface area contributed by atoms with Crippen LogP contribution in [0.15, 0.2) is 10.4 Å². The second kappa shape index (κ2) is 5.19. The van der Waals surface area contributed by atoms with E-state index in [1.807, 2.05) is 0 Å². The molecule has 17 heavy (non-hydrogen) atoms. The number of aliphatic hydroxyl groups is 1. The number of nitrogens with zero attached hydrogens (tertiary/aromatic N) is 2. The van der Waals surface area contributed by atoms with Crippen LogP contribution < -0.4 is 0 Å². The Labute approximate surface area is 109 Å². The van der Waals surface area contributed by atoms with Crippen molar-refractivity contribution in [2.45, 2.75) is 17.1 Å². The van der Waals surface area contributed by atoms with Crippen molar-refractivity contribution in [3.05, 3.63) is 10.7 Å². The number of sulfonamides is 1. The predicted molar refractivity (Wildman–Crippen MR) is 65.7 cm³/mol. The second-order valence-electron chi connectivity index (χ2n) is 3.96. The van der Waals surface area contributed by atoms with Gasteiger partial charge in [0.25, 0.3) is 10.0 Å². The molecule has 0 aliphatic carbocycles. The van der Waals surface area contributed by atoms with Crippen molar-refractivity contribution in [3.8, 4) is 0 Å². The third-order valence-corrected chi connectivity index (χ3v) is 6.33. The van der Waals surface area contributed by atoms with E-state index in [-0.39, 0.29) is 21.2 Å². The Bertz CT molecular complexity index is 480. The highest BCUT2D eigenvalue weighted by atomic mass is 35.5. The van der Waals surface area contributed by atoms with Gasteiger partial charge in [-0.3, -0.25) is 0 Å². The van der Waals surface area contributed by atoms with Crippen molar-refractivity contribution in [1.29, 1.82) is 0 Å². The van der Waals surface area contributed by atoms with Gasteiger partial charge in [-0.2, -0.15) is 4.31 Å². The van der Waals surface area contributed by atoms with E-state index in [4.69, 9.17) is 16.7 Å². The summed E-state index contributed by atoms with van der Waals surface area (Å²) in [5, 5.41) is 9.01. The van der Waals surface area contributed by atoms with Crippen LogP contribution in [0.1, 0.15) is 12.8 Å². The molecule has 2 heterocycles. The van der Waals surface area contributed by atoms with E-state index in [1.54, 1.807) is 0 Å². The van der Waals surface area contributed by atoms with Gasteiger partial charge in [0.2, 0.25) is 0 Å². The molecule has 1 aliphatic rings. The monoisotopic (exact) mass is 296 g/mol. The molecule has 0 spiro atoms. The van der Waals surface area contributed by atoms with Gasteiger partial charge in [0.1, 0.15) is 0 Å². The molecule has 0 atom stereocenters. The van der Waals surface area contributed by atoms with Crippen molar-refractivity contribution in [3.63, 3.8) is 0 Å². The first-order valence-corrected chi connectivity index (χ1v) is 7.90. The molecule has 0 radical (unpaired) electrons. The minimum Gasteiger partial charge on any atom is -0.396 e. The Kier molecular flexibility index (Phi) is 4.04. The molecule has 1 aliphatic heterocycles. The second-order valence-corrected chi connectivity index (χ2v) is 7.74. The number of piperidine rings is 1. The highest BCUT2D eigenvalue weighted by molar-refractivity contribution is 7.91. The zero-order valence-electron chi connectivity index (χ0n) is 9.04. The molecular weight excluding hydrogens is 284 g/mol. The van der Waals surface area contributed by atoms with Crippen LogP contribution in [0, 0.1) is 5.92 Å². The van der Waals surface area contributed by atoms with E-state index in [0.29, 0.717) is 25.9 Å². The average molecular weight is 297 g/mol. The summed E-state index contributed by atoms with van der Waals surface area (Å²) in [7, 11) is -3.45. The first kappa shape index (κ1) is 13.2. The summed E-state index contributed by atoms with van der Waals surface area (Å²) >= 11 is 6.61. The topological polar surface area (TPSA) is 70.5 Å². The lowest BCUT2D eigenvalue weighted by Crippen LogP contribution is -2.38. The van der Waals surface area contributed by atoms with Gasteiger partial charge < -0.3 is 5.11 Å². The highest BCUT2D eigenvalue weighted by Crippen LogP contribution is 2.28. The molecule has 0 bridgehead atoms. The Balaban J connectivity index is 2.12. The fraction of sp³-hybridized carbons (Fsp3) is 0.667. The molecule has 0 unspecified atom stereocenters. The molecule has 0 amide bonds. The van der Waals surface area contributed by atoms with Crippen molar-refractivity contribution >= 4 is 33.0 Å². The van der Waals surface area contributed by atoms with Crippen LogP contribution in [0.25, 0.3) is 0 Å². The molecule has 1 aromatic heterocycles. The van der Waals surface area contributed by atoms with Gasteiger partial charge in [-0.15, -0.1) is 0 Å². The minimum atomic E-state index is -3.45. The Morgan fingerprint density at radius 1 is 1.53 bits per heavy atom. The van der Waals surface area contributed by atoms with Gasteiger partial charge >= 0.3 is 0 Å². The minimum absolute atomic E-state index is 0.125.